The van der Waals surface area contributed by atoms with Gasteiger partial charge in [-0.2, -0.15) is 0 Å². The van der Waals surface area contributed by atoms with Crippen LogP contribution in [0.15, 0.2) is 18.7 Å². The summed E-state index contributed by atoms with van der Waals surface area (Å²) >= 11 is 0. The lowest BCUT2D eigenvalue weighted by Gasteiger charge is -2.49. The van der Waals surface area contributed by atoms with Crippen molar-refractivity contribution in [1.82, 2.24) is 15.3 Å². The third-order valence-corrected chi connectivity index (χ3v) is 3.38. The second-order valence-electron chi connectivity index (χ2n) is 4.75. The molecule has 0 radical (unpaired) electrons. The summed E-state index contributed by atoms with van der Waals surface area (Å²) in [7, 11) is 0. The van der Waals surface area contributed by atoms with Gasteiger partial charge in [-0.05, 0) is 6.42 Å². The number of rotatable bonds is 3. The third-order valence-electron chi connectivity index (χ3n) is 3.38. The van der Waals surface area contributed by atoms with Gasteiger partial charge in [0.05, 0.1) is 6.10 Å². The van der Waals surface area contributed by atoms with Gasteiger partial charge in [0.1, 0.15) is 6.33 Å². The van der Waals surface area contributed by atoms with E-state index < -0.39 is 0 Å². The fourth-order valence-electron chi connectivity index (χ4n) is 1.91. The molecule has 4 nitrogen and oxygen atoms in total. The number of hydrogen-bond acceptors (Lipinski definition) is 4. The SMILES string of the molecule is CC1(C)C(O)CC1NCc1cncnc1. The number of aliphatic hydroxyl groups excluding tert-OH is 1. The van der Waals surface area contributed by atoms with Crippen LogP contribution in [0.2, 0.25) is 0 Å². The Bertz CT molecular complexity index is 326. The summed E-state index contributed by atoms with van der Waals surface area (Å²) in [6, 6.07) is 0.382. The molecule has 1 aromatic rings. The molecule has 1 aliphatic carbocycles. The molecule has 1 aliphatic rings. The zero-order valence-corrected chi connectivity index (χ0v) is 9.14. The molecule has 0 aliphatic heterocycles. The predicted molar refractivity (Wildman–Crippen MR) is 57.1 cm³/mol. The van der Waals surface area contributed by atoms with Gasteiger partial charge < -0.3 is 10.4 Å². The van der Waals surface area contributed by atoms with Crippen LogP contribution < -0.4 is 5.32 Å². The van der Waals surface area contributed by atoms with Gasteiger partial charge in [0, 0.05) is 36.0 Å². The van der Waals surface area contributed by atoms with Crippen molar-refractivity contribution in [3.8, 4) is 0 Å². The first-order valence-electron chi connectivity index (χ1n) is 5.26. The molecule has 4 heteroatoms. The number of aromatic nitrogens is 2. The molecule has 1 fully saturated rings. The van der Waals surface area contributed by atoms with Crippen molar-refractivity contribution in [2.24, 2.45) is 5.41 Å². The van der Waals surface area contributed by atoms with Gasteiger partial charge in [0.15, 0.2) is 0 Å². The van der Waals surface area contributed by atoms with Gasteiger partial charge in [0.25, 0.3) is 0 Å². The predicted octanol–water partition coefficient (Wildman–Crippen LogP) is 0.726. The molecule has 1 aromatic heterocycles. The molecular formula is C11H17N3O. The highest BCUT2D eigenvalue weighted by Gasteiger charge is 2.46. The maximum absolute atomic E-state index is 9.58. The lowest BCUT2D eigenvalue weighted by Crippen LogP contribution is -2.59. The molecular weight excluding hydrogens is 190 g/mol. The third kappa shape index (κ3) is 2.01. The second-order valence-corrected chi connectivity index (χ2v) is 4.75. The summed E-state index contributed by atoms with van der Waals surface area (Å²) in [5.74, 6) is 0. The molecule has 2 atom stereocenters. The average molecular weight is 207 g/mol. The van der Waals surface area contributed by atoms with E-state index in [-0.39, 0.29) is 11.5 Å². The van der Waals surface area contributed by atoms with E-state index in [9.17, 15) is 5.11 Å². The van der Waals surface area contributed by atoms with Crippen LogP contribution in [0, 0.1) is 5.41 Å². The molecule has 2 rings (SSSR count). The lowest BCUT2D eigenvalue weighted by atomic mass is 9.64. The molecule has 0 spiro atoms. The van der Waals surface area contributed by atoms with Crippen LogP contribution in [0.25, 0.3) is 0 Å². The van der Waals surface area contributed by atoms with Crippen molar-refractivity contribution < 1.29 is 5.11 Å². The highest BCUT2D eigenvalue weighted by molar-refractivity contribution is 5.06. The Morgan fingerprint density at radius 3 is 2.67 bits per heavy atom. The topological polar surface area (TPSA) is 58.0 Å². The smallest absolute Gasteiger partial charge is 0.115 e. The molecule has 1 saturated carbocycles. The Morgan fingerprint density at radius 2 is 2.13 bits per heavy atom. The average Bonchev–Trinajstić information content (AvgIpc) is 2.25. The van der Waals surface area contributed by atoms with E-state index in [1.54, 1.807) is 0 Å². The maximum atomic E-state index is 9.58. The molecule has 2 unspecified atom stereocenters. The van der Waals surface area contributed by atoms with Crippen LogP contribution in [0.5, 0.6) is 0 Å². The van der Waals surface area contributed by atoms with E-state index in [1.165, 1.54) is 6.33 Å². The summed E-state index contributed by atoms with van der Waals surface area (Å²) in [5, 5.41) is 13.0. The Kier molecular flexibility index (Phi) is 2.71. The van der Waals surface area contributed by atoms with Gasteiger partial charge >= 0.3 is 0 Å². The van der Waals surface area contributed by atoms with E-state index in [4.69, 9.17) is 0 Å². The summed E-state index contributed by atoms with van der Waals surface area (Å²) in [4.78, 5) is 7.91. The normalized spacial score (nSPS) is 28.5. The summed E-state index contributed by atoms with van der Waals surface area (Å²) in [5.41, 5.74) is 1.06. The van der Waals surface area contributed by atoms with Crippen molar-refractivity contribution in [2.75, 3.05) is 0 Å². The molecule has 0 saturated heterocycles. The van der Waals surface area contributed by atoms with Crippen LogP contribution in [0.3, 0.4) is 0 Å². The van der Waals surface area contributed by atoms with Crippen LogP contribution in [-0.4, -0.2) is 27.2 Å². The lowest BCUT2D eigenvalue weighted by molar-refractivity contribution is -0.0730. The molecule has 15 heavy (non-hydrogen) atoms. The van der Waals surface area contributed by atoms with Gasteiger partial charge in [-0.15, -0.1) is 0 Å². The van der Waals surface area contributed by atoms with Crippen molar-refractivity contribution in [1.29, 1.82) is 0 Å². The van der Waals surface area contributed by atoms with Gasteiger partial charge in [-0.1, -0.05) is 13.8 Å². The zero-order chi connectivity index (χ0) is 10.9. The first-order valence-corrected chi connectivity index (χ1v) is 5.26. The fraction of sp³-hybridized carbons (Fsp3) is 0.636. The van der Waals surface area contributed by atoms with Crippen molar-refractivity contribution in [2.45, 2.75) is 39.0 Å². The first-order chi connectivity index (χ1) is 7.10. The van der Waals surface area contributed by atoms with Crippen molar-refractivity contribution >= 4 is 0 Å². The monoisotopic (exact) mass is 207 g/mol. The standard InChI is InChI=1S/C11H17N3O/c1-11(2)9(3-10(11)15)14-6-8-4-12-7-13-5-8/h4-5,7,9-10,14-15H,3,6H2,1-2H3. The number of nitrogens with zero attached hydrogens (tertiary/aromatic N) is 2. The summed E-state index contributed by atoms with van der Waals surface area (Å²) in [6.07, 6.45) is 5.80. The van der Waals surface area contributed by atoms with Crippen LogP contribution >= 0.6 is 0 Å². The minimum atomic E-state index is -0.179. The molecule has 0 bridgehead atoms. The van der Waals surface area contributed by atoms with Crippen LogP contribution in [-0.2, 0) is 6.54 Å². The molecule has 2 N–H and O–H groups in total. The first kappa shape index (κ1) is 10.5. The van der Waals surface area contributed by atoms with Crippen LogP contribution in [0.4, 0.5) is 0 Å². The van der Waals surface area contributed by atoms with Crippen molar-refractivity contribution in [3.63, 3.8) is 0 Å². The summed E-state index contributed by atoms with van der Waals surface area (Å²) < 4.78 is 0. The Labute approximate surface area is 89.8 Å². The number of nitrogens with one attached hydrogen (secondary N) is 1. The quantitative estimate of drug-likeness (QED) is 0.767. The fourth-order valence-corrected chi connectivity index (χ4v) is 1.91. The minimum Gasteiger partial charge on any atom is -0.392 e. The van der Waals surface area contributed by atoms with E-state index in [2.05, 4.69) is 29.1 Å². The highest BCUT2D eigenvalue weighted by Crippen LogP contribution is 2.40. The second kappa shape index (κ2) is 3.87. The highest BCUT2D eigenvalue weighted by atomic mass is 16.3. The number of aliphatic hydroxyl groups is 1. The van der Waals surface area contributed by atoms with E-state index in [1.807, 2.05) is 12.4 Å². The molecule has 0 amide bonds. The number of hydrogen-bond donors (Lipinski definition) is 2. The van der Waals surface area contributed by atoms with Gasteiger partial charge in [-0.3, -0.25) is 0 Å². The largest absolute Gasteiger partial charge is 0.392 e. The van der Waals surface area contributed by atoms with Crippen molar-refractivity contribution in [3.05, 3.63) is 24.3 Å². The molecule has 82 valence electrons. The zero-order valence-electron chi connectivity index (χ0n) is 9.14. The van der Waals surface area contributed by atoms with Crippen LogP contribution in [0.1, 0.15) is 25.8 Å². The van der Waals surface area contributed by atoms with E-state index >= 15 is 0 Å². The maximum Gasteiger partial charge on any atom is 0.115 e. The molecule has 1 heterocycles. The van der Waals surface area contributed by atoms with Gasteiger partial charge in [-0.25, -0.2) is 9.97 Å². The Morgan fingerprint density at radius 1 is 1.47 bits per heavy atom. The Hall–Kier alpha value is -1.00. The Balaban J connectivity index is 1.85. The minimum absolute atomic E-state index is 0.0182. The summed E-state index contributed by atoms with van der Waals surface area (Å²) in [6.45, 7) is 4.93. The van der Waals surface area contributed by atoms with Gasteiger partial charge in [0.2, 0.25) is 0 Å². The molecule has 0 aromatic carbocycles. The van der Waals surface area contributed by atoms with E-state index in [0.29, 0.717) is 6.04 Å². The van der Waals surface area contributed by atoms with E-state index in [0.717, 1.165) is 18.5 Å².